The van der Waals surface area contributed by atoms with Gasteiger partial charge in [0.15, 0.2) is 0 Å². The van der Waals surface area contributed by atoms with Gasteiger partial charge in [0.2, 0.25) is 0 Å². The molecular formula is C21H23BrN2O3. The highest BCUT2D eigenvalue weighted by Gasteiger charge is 2.24. The van der Waals surface area contributed by atoms with Crippen molar-refractivity contribution in [3.8, 4) is 5.75 Å². The van der Waals surface area contributed by atoms with Crippen LogP contribution in [-0.4, -0.2) is 40.6 Å². The van der Waals surface area contributed by atoms with Crippen LogP contribution in [0.25, 0.3) is 11.0 Å². The van der Waals surface area contributed by atoms with E-state index in [1.54, 1.807) is 0 Å². The Labute approximate surface area is 167 Å². The molecule has 1 N–H and O–H groups in total. The van der Waals surface area contributed by atoms with Crippen molar-refractivity contribution >= 4 is 27.0 Å². The minimum atomic E-state index is -0.621. The van der Waals surface area contributed by atoms with E-state index in [9.17, 15) is 5.11 Å². The van der Waals surface area contributed by atoms with E-state index >= 15 is 0 Å². The third kappa shape index (κ3) is 4.34. The zero-order valence-corrected chi connectivity index (χ0v) is 16.6. The highest BCUT2D eigenvalue weighted by molar-refractivity contribution is 9.10. The predicted octanol–water partition coefficient (Wildman–Crippen LogP) is 4.13. The lowest BCUT2D eigenvalue weighted by Crippen LogP contribution is -2.26. The van der Waals surface area contributed by atoms with Crippen LogP contribution in [0.3, 0.4) is 0 Å². The summed E-state index contributed by atoms with van der Waals surface area (Å²) in [4.78, 5) is 4.87. The molecule has 1 unspecified atom stereocenters. The number of halogens is 1. The van der Waals surface area contributed by atoms with E-state index in [4.69, 9.17) is 14.5 Å². The summed E-state index contributed by atoms with van der Waals surface area (Å²) in [5, 5.41) is 10.6. The number of benzene rings is 2. The number of para-hydroxylation sites is 2. The van der Waals surface area contributed by atoms with Crippen molar-refractivity contribution in [1.82, 2.24) is 9.55 Å². The van der Waals surface area contributed by atoms with Crippen molar-refractivity contribution in [2.75, 3.05) is 19.8 Å². The number of aliphatic hydroxyl groups is 1. The Morgan fingerprint density at radius 3 is 2.67 bits per heavy atom. The first-order valence-electron chi connectivity index (χ1n) is 9.30. The molecule has 27 heavy (non-hydrogen) atoms. The first-order chi connectivity index (χ1) is 13.2. The Kier molecular flexibility index (Phi) is 5.76. The van der Waals surface area contributed by atoms with Crippen LogP contribution >= 0.6 is 15.9 Å². The predicted molar refractivity (Wildman–Crippen MR) is 108 cm³/mol. The van der Waals surface area contributed by atoms with Gasteiger partial charge in [0.1, 0.15) is 24.3 Å². The van der Waals surface area contributed by atoms with E-state index < -0.39 is 6.10 Å². The van der Waals surface area contributed by atoms with Gasteiger partial charge in [-0.05, 0) is 49.2 Å². The fraction of sp³-hybridized carbons (Fsp3) is 0.381. The Balaban J connectivity index is 1.51. The molecule has 1 atom stereocenters. The summed E-state index contributed by atoms with van der Waals surface area (Å²) in [7, 11) is 0. The smallest absolute Gasteiger partial charge is 0.119 e. The van der Waals surface area contributed by atoms with Gasteiger partial charge in [0, 0.05) is 23.6 Å². The standard InChI is InChI=1S/C21H23BrN2O3/c22-16-5-7-18(8-6-16)27-14-17(25)13-24-20-4-2-1-3-19(20)23-21(24)15-9-11-26-12-10-15/h1-8,15,17,25H,9-14H2. The molecule has 142 valence electrons. The number of nitrogens with zero attached hydrogens (tertiary/aromatic N) is 2. The van der Waals surface area contributed by atoms with Crippen LogP contribution in [0.5, 0.6) is 5.75 Å². The third-order valence-corrected chi connectivity index (χ3v) is 5.45. The van der Waals surface area contributed by atoms with Crippen molar-refractivity contribution in [1.29, 1.82) is 0 Å². The Morgan fingerprint density at radius 2 is 1.89 bits per heavy atom. The summed E-state index contributed by atoms with van der Waals surface area (Å²) in [6.45, 7) is 2.23. The zero-order valence-electron chi connectivity index (χ0n) is 15.1. The van der Waals surface area contributed by atoms with Gasteiger partial charge in [-0.1, -0.05) is 28.1 Å². The molecule has 0 saturated carbocycles. The van der Waals surface area contributed by atoms with Gasteiger partial charge in [-0.2, -0.15) is 0 Å². The molecule has 0 amide bonds. The van der Waals surface area contributed by atoms with Crippen molar-refractivity contribution in [3.63, 3.8) is 0 Å². The lowest BCUT2D eigenvalue weighted by molar-refractivity contribution is 0.0780. The van der Waals surface area contributed by atoms with Crippen molar-refractivity contribution in [2.24, 2.45) is 0 Å². The number of ether oxygens (including phenoxy) is 2. The second kappa shape index (κ2) is 8.42. The molecule has 3 aromatic rings. The molecule has 2 heterocycles. The number of imidazole rings is 1. The molecule has 0 aliphatic carbocycles. The number of hydrogen-bond donors (Lipinski definition) is 1. The summed E-state index contributed by atoms with van der Waals surface area (Å²) >= 11 is 3.41. The second-order valence-electron chi connectivity index (χ2n) is 6.87. The number of hydrogen-bond acceptors (Lipinski definition) is 4. The average Bonchev–Trinajstić information content (AvgIpc) is 3.07. The molecule has 2 aromatic carbocycles. The van der Waals surface area contributed by atoms with Crippen LogP contribution in [0.2, 0.25) is 0 Å². The fourth-order valence-corrected chi connectivity index (χ4v) is 3.80. The topological polar surface area (TPSA) is 56.5 Å². The zero-order chi connectivity index (χ0) is 18.6. The Morgan fingerprint density at radius 1 is 1.15 bits per heavy atom. The van der Waals surface area contributed by atoms with Crippen LogP contribution in [0.4, 0.5) is 0 Å². The lowest BCUT2D eigenvalue weighted by Gasteiger charge is -2.23. The highest BCUT2D eigenvalue weighted by atomic mass is 79.9. The van der Waals surface area contributed by atoms with E-state index in [0.29, 0.717) is 12.5 Å². The number of aliphatic hydroxyl groups excluding tert-OH is 1. The Hall–Kier alpha value is -1.89. The second-order valence-corrected chi connectivity index (χ2v) is 7.79. The number of rotatable bonds is 6. The SMILES string of the molecule is OC(COc1ccc(Br)cc1)Cn1c(C2CCOCC2)nc2ccccc21. The van der Waals surface area contributed by atoms with Crippen molar-refractivity contribution in [3.05, 3.63) is 58.8 Å². The molecule has 5 nitrogen and oxygen atoms in total. The molecule has 0 bridgehead atoms. The molecule has 1 saturated heterocycles. The normalized spacial score (nSPS) is 16.5. The molecule has 1 aliphatic rings. The maximum atomic E-state index is 10.6. The summed E-state index contributed by atoms with van der Waals surface area (Å²) in [5.74, 6) is 2.16. The van der Waals surface area contributed by atoms with Gasteiger partial charge in [0.25, 0.3) is 0 Å². The molecular weight excluding hydrogens is 408 g/mol. The van der Waals surface area contributed by atoms with Crippen molar-refractivity contribution < 1.29 is 14.6 Å². The van der Waals surface area contributed by atoms with E-state index in [2.05, 4.69) is 26.6 Å². The minimum Gasteiger partial charge on any atom is -0.491 e. The van der Waals surface area contributed by atoms with E-state index in [1.807, 2.05) is 42.5 Å². The quantitative estimate of drug-likeness (QED) is 0.638. The van der Waals surface area contributed by atoms with Gasteiger partial charge >= 0.3 is 0 Å². The summed E-state index contributed by atoms with van der Waals surface area (Å²) in [5.41, 5.74) is 2.03. The van der Waals surface area contributed by atoms with Crippen molar-refractivity contribution in [2.45, 2.75) is 31.4 Å². The summed E-state index contributed by atoms with van der Waals surface area (Å²) in [6.07, 6.45) is 1.31. The van der Waals surface area contributed by atoms with Gasteiger partial charge in [-0.25, -0.2) is 4.98 Å². The van der Waals surface area contributed by atoms with Gasteiger partial charge < -0.3 is 19.1 Å². The van der Waals surface area contributed by atoms with Crippen LogP contribution < -0.4 is 4.74 Å². The first-order valence-corrected chi connectivity index (χ1v) is 10.1. The number of fused-ring (bicyclic) bond motifs is 1. The van der Waals surface area contributed by atoms with Crippen LogP contribution in [-0.2, 0) is 11.3 Å². The molecule has 6 heteroatoms. The molecule has 0 spiro atoms. The average molecular weight is 431 g/mol. The minimum absolute atomic E-state index is 0.237. The molecule has 1 aliphatic heterocycles. The summed E-state index contributed by atoms with van der Waals surface area (Å²) < 4.78 is 14.4. The van der Waals surface area contributed by atoms with E-state index in [1.165, 1.54) is 0 Å². The lowest BCUT2D eigenvalue weighted by atomic mass is 9.99. The third-order valence-electron chi connectivity index (χ3n) is 4.92. The van der Waals surface area contributed by atoms with Crippen LogP contribution in [0.1, 0.15) is 24.6 Å². The van der Waals surface area contributed by atoms with Crippen LogP contribution in [0, 0.1) is 0 Å². The first kappa shape index (κ1) is 18.5. The fourth-order valence-electron chi connectivity index (χ4n) is 3.54. The summed E-state index contributed by atoms with van der Waals surface area (Å²) in [6, 6.07) is 15.7. The molecule has 1 aromatic heterocycles. The van der Waals surface area contributed by atoms with Gasteiger partial charge in [-0.15, -0.1) is 0 Å². The Bertz CT molecular complexity index is 888. The molecule has 0 radical (unpaired) electrons. The van der Waals surface area contributed by atoms with E-state index in [-0.39, 0.29) is 6.61 Å². The van der Waals surface area contributed by atoms with E-state index in [0.717, 1.165) is 53.1 Å². The van der Waals surface area contributed by atoms with Crippen LogP contribution in [0.15, 0.2) is 53.0 Å². The monoisotopic (exact) mass is 430 g/mol. The largest absolute Gasteiger partial charge is 0.491 e. The molecule has 1 fully saturated rings. The number of aromatic nitrogens is 2. The van der Waals surface area contributed by atoms with Gasteiger partial charge in [0.05, 0.1) is 17.6 Å². The maximum Gasteiger partial charge on any atom is 0.119 e. The highest BCUT2D eigenvalue weighted by Crippen LogP contribution is 2.29. The van der Waals surface area contributed by atoms with Gasteiger partial charge in [-0.3, -0.25) is 0 Å². The molecule has 4 rings (SSSR count). The maximum absolute atomic E-state index is 10.6.